The number of benzene rings is 3. The van der Waals surface area contributed by atoms with Crippen LogP contribution in [-0.4, -0.2) is 15.7 Å². The Morgan fingerprint density at radius 1 is 0.967 bits per heavy atom. The van der Waals surface area contributed by atoms with Gasteiger partial charge in [-0.25, -0.2) is 4.68 Å². The van der Waals surface area contributed by atoms with Gasteiger partial charge in [0.25, 0.3) is 5.91 Å². The standard InChI is InChI=1S/C25H20BrN3O/c1-2-16-8-6-7-11-20(16)29-24(18-9-4-3-5-10-18)21-22(27-25(30)23(21)28-29)17-12-14-19(26)15-13-17/h3-15,22H,2H2,1H3,(H,27,30). The fourth-order valence-electron chi connectivity index (χ4n) is 4.11. The molecular weight excluding hydrogens is 438 g/mol. The summed E-state index contributed by atoms with van der Waals surface area (Å²) in [5, 5.41) is 7.94. The molecule has 148 valence electrons. The maximum absolute atomic E-state index is 12.9. The first-order valence-electron chi connectivity index (χ1n) is 10.0. The van der Waals surface area contributed by atoms with Gasteiger partial charge in [0.15, 0.2) is 5.69 Å². The van der Waals surface area contributed by atoms with E-state index in [0.717, 1.165) is 39.0 Å². The summed E-state index contributed by atoms with van der Waals surface area (Å²) in [6.07, 6.45) is 0.886. The van der Waals surface area contributed by atoms with Gasteiger partial charge in [-0.15, -0.1) is 0 Å². The molecule has 1 amide bonds. The van der Waals surface area contributed by atoms with E-state index < -0.39 is 0 Å². The molecule has 30 heavy (non-hydrogen) atoms. The lowest BCUT2D eigenvalue weighted by atomic mass is 9.96. The molecule has 5 heteroatoms. The van der Waals surface area contributed by atoms with Crippen molar-refractivity contribution in [1.82, 2.24) is 15.1 Å². The first kappa shape index (κ1) is 18.8. The molecule has 2 heterocycles. The molecule has 1 atom stereocenters. The minimum Gasteiger partial charge on any atom is -0.340 e. The zero-order valence-corrected chi connectivity index (χ0v) is 18.1. The van der Waals surface area contributed by atoms with E-state index in [9.17, 15) is 4.79 Å². The van der Waals surface area contributed by atoms with E-state index in [-0.39, 0.29) is 11.9 Å². The van der Waals surface area contributed by atoms with Crippen molar-refractivity contribution in [2.45, 2.75) is 19.4 Å². The van der Waals surface area contributed by atoms with E-state index in [0.29, 0.717) is 5.69 Å². The molecule has 0 spiro atoms. The molecule has 4 nitrogen and oxygen atoms in total. The fourth-order valence-corrected chi connectivity index (χ4v) is 4.38. The number of nitrogens with one attached hydrogen (secondary N) is 1. The first-order valence-corrected chi connectivity index (χ1v) is 10.8. The first-order chi connectivity index (χ1) is 14.7. The van der Waals surface area contributed by atoms with E-state index in [1.807, 2.05) is 59.3 Å². The Bertz CT molecular complexity index is 1230. The maximum Gasteiger partial charge on any atom is 0.272 e. The molecular formula is C25H20BrN3O. The van der Waals surface area contributed by atoms with Gasteiger partial charge in [-0.3, -0.25) is 4.79 Å². The van der Waals surface area contributed by atoms with Crippen molar-refractivity contribution in [3.05, 3.63) is 106 Å². The van der Waals surface area contributed by atoms with Crippen LogP contribution in [-0.2, 0) is 6.42 Å². The number of hydrogen-bond acceptors (Lipinski definition) is 2. The number of amides is 1. The summed E-state index contributed by atoms with van der Waals surface area (Å²) >= 11 is 3.50. The Morgan fingerprint density at radius 2 is 1.67 bits per heavy atom. The Labute approximate surface area is 183 Å². The van der Waals surface area contributed by atoms with Crippen LogP contribution in [0.4, 0.5) is 0 Å². The number of hydrogen-bond donors (Lipinski definition) is 1. The Kier molecular flexibility index (Phi) is 4.75. The second kappa shape index (κ2) is 7.58. The SMILES string of the molecule is CCc1ccccc1-n1nc2c(c1-c1ccccc1)C(c1ccc(Br)cc1)NC2=O. The predicted octanol–water partition coefficient (Wildman–Crippen LogP) is 5.70. The number of halogens is 1. The lowest BCUT2D eigenvalue weighted by Gasteiger charge is -2.17. The second-order valence-corrected chi connectivity index (χ2v) is 8.24. The van der Waals surface area contributed by atoms with Gasteiger partial charge in [0.2, 0.25) is 0 Å². The van der Waals surface area contributed by atoms with Gasteiger partial charge in [-0.1, -0.05) is 83.5 Å². The highest BCUT2D eigenvalue weighted by atomic mass is 79.9. The minimum absolute atomic E-state index is 0.136. The topological polar surface area (TPSA) is 46.9 Å². The van der Waals surface area contributed by atoms with Crippen LogP contribution in [0.25, 0.3) is 16.9 Å². The zero-order valence-electron chi connectivity index (χ0n) is 16.5. The average Bonchev–Trinajstić information content (AvgIpc) is 3.33. The Balaban J connectivity index is 1.79. The molecule has 3 aromatic carbocycles. The summed E-state index contributed by atoms with van der Waals surface area (Å²) in [6.45, 7) is 2.13. The smallest absolute Gasteiger partial charge is 0.272 e. The van der Waals surface area contributed by atoms with Crippen LogP contribution in [0, 0.1) is 0 Å². The summed E-state index contributed by atoms with van der Waals surface area (Å²) in [5.74, 6) is -0.136. The van der Waals surface area contributed by atoms with Crippen LogP contribution in [0.5, 0.6) is 0 Å². The third-order valence-electron chi connectivity index (χ3n) is 5.55. The van der Waals surface area contributed by atoms with Crippen molar-refractivity contribution in [1.29, 1.82) is 0 Å². The molecule has 0 fully saturated rings. The van der Waals surface area contributed by atoms with Crippen molar-refractivity contribution in [3.8, 4) is 16.9 Å². The van der Waals surface area contributed by atoms with Crippen molar-refractivity contribution >= 4 is 21.8 Å². The normalized spacial score (nSPS) is 15.1. The van der Waals surface area contributed by atoms with E-state index in [1.54, 1.807) is 0 Å². The van der Waals surface area contributed by atoms with Gasteiger partial charge >= 0.3 is 0 Å². The predicted molar refractivity (Wildman–Crippen MR) is 122 cm³/mol. The summed E-state index contributed by atoms with van der Waals surface area (Å²) in [5.41, 5.74) is 6.65. The Morgan fingerprint density at radius 3 is 2.40 bits per heavy atom. The zero-order chi connectivity index (χ0) is 20.7. The summed E-state index contributed by atoms with van der Waals surface area (Å²) in [4.78, 5) is 12.9. The number of aromatic nitrogens is 2. The van der Waals surface area contributed by atoms with Crippen LogP contribution in [0.3, 0.4) is 0 Å². The molecule has 0 aliphatic carbocycles. The van der Waals surface area contributed by atoms with Gasteiger partial charge in [0.05, 0.1) is 17.4 Å². The van der Waals surface area contributed by atoms with Crippen molar-refractivity contribution in [3.63, 3.8) is 0 Å². The number of carbonyl (C=O) groups is 1. The Hall–Kier alpha value is -3.18. The van der Waals surface area contributed by atoms with Crippen LogP contribution >= 0.6 is 15.9 Å². The molecule has 0 radical (unpaired) electrons. The largest absolute Gasteiger partial charge is 0.340 e. The van der Waals surface area contributed by atoms with Gasteiger partial charge < -0.3 is 5.32 Å². The van der Waals surface area contributed by atoms with Gasteiger partial charge in [-0.05, 0) is 35.7 Å². The summed E-state index contributed by atoms with van der Waals surface area (Å²) in [7, 11) is 0. The second-order valence-electron chi connectivity index (χ2n) is 7.33. The third-order valence-corrected chi connectivity index (χ3v) is 6.08. The molecule has 1 aliphatic rings. The van der Waals surface area contributed by atoms with Crippen LogP contribution in [0.2, 0.25) is 0 Å². The van der Waals surface area contributed by atoms with Crippen molar-refractivity contribution < 1.29 is 4.79 Å². The summed E-state index contributed by atoms with van der Waals surface area (Å²) < 4.78 is 2.95. The van der Waals surface area contributed by atoms with Gasteiger partial charge in [0.1, 0.15) is 0 Å². The maximum atomic E-state index is 12.9. The monoisotopic (exact) mass is 457 g/mol. The van der Waals surface area contributed by atoms with Crippen LogP contribution < -0.4 is 5.32 Å². The van der Waals surface area contributed by atoms with E-state index in [1.165, 1.54) is 5.56 Å². The van der Waals surface area contributed by atoms with E-state index in [2.05, 4.69) is 52.4 Å². The molecule has 5 rings (SSSR count). The average molecular weight is 458 g/mol. The fraction of sp³-hybridized carbons (Fsp3) is 0.120. The molecule has 1 N–H and O–H groups in total. The minimum atomic E-state index is -0.238. The third kappa shape index (κ3) is 3.06. The van der Waals surface area contributed by atoms with Crippen molar-refractivity contribution in [2.75, 3.05) is 0 Å². The van der Waals surface area contributed by atoms with Crippen LogP contribution in [0.1, 0.15) is 40.1 Å². The van der Waals surface area contributed by atoms with Gasteiger partial charge in [-0.2, -0.15) is 5.10 Å². The molecule has 4 aromatic rings. The molecule has 0 saturated heterocycles. The van der Waals surface area contributed by atoms with E-state index in [4.69, 9.17) is 5.10 Å². The number of fused-ring (bicyclic) bond motifs is 1. The highest BCUT2D eigenvalue weighted by Crippen LogP contribution is 2.40. The molecule has 1 aromatic heterocycles. The van der Waals surface area contributed by atoms with Crippen molar-refractivity contribution in [2.24, 2.45) is 0 Å². The van der Waals surface area contributed by atoms with E-state index >= 15 is 0 Å². The lowest BCUT2D eigenvalue weighted by Crippen LogP contribution is -2.22. The molecule has 0 bridgehead atoms. The van der Waals surface area contributed by atoms with Gasteiger partial charge in [0, 0.05) is 15.6 Å². The highest BCUT2D eigenvalue weighted by Gasteiger charge is 2.37. The van der Waals surface area contributed by atoms with Crippen LogP contribution in [0.15, 0.2) is 83.3 Å². The highest BCUT2D eigenvalue weighted by molar-refractivity contribution is 9.10. The number of rotatable bonds is 4. The number of carbonyl (C=O) groups excluding carboxylic acids is 1. The quantitative estimate of drug-likeness (QED) is 0.427. The molecule has 1 aliphatic heterocycles. The molecule has 1 unspecified atom stereocenters. The summed E-state index contributed by atoms with van der Waals surface area (Å²) in [6, 6.07) is 26.3. The molecule has 0 saturated carbocycles. The number of aryl methyl sites for hydroxylation is 1. The lowest BCUT2D eigenvalue weighted by molar-refractivity contribution is 0.0955. The number of para-hydroxylation sites is 1. The number of nitrogens with zero attached hydrogens (tertiary/aromatic N) is 2.